The number of rotatable bonds is 2. The SMILES string of the molecule is CNC1(CC#N)CCN(C)CC1. The van der Waals surface area contributed by atoms with Crippen LogP contribution in [-0.4, -0.2) is 37.6 Å². The molecule has 0 aromatic heterocycles. The molecule has 0 atom stereocenters. The van der Waals surface area contributed by atoms with Crippen molar-refractivity contribution < 1.29 is 0 Å². The van der Waals surface area contributed by atoms with E-state index in [1.165, 1.54) is 0 Å². The second kappa shape index (κ2) is 3.88. The van der Waals surface area contributed by atoms with Crippen LogP contribution in [0.3, 0.4) is 0 Å². The third-order valence-electron chi connectivity index (χ3n) is 2.89. The van der Waals surface area contributed by atoms with Gasteiger partial charge in [-0.25, -0.2) is 0 Å². The minimum absolute atomic E-state index is 0.0985. The maximum atomic E-state index is 8.68. The summed E-state index contributed by atoms with van der Waals surface area (Å²) in [5, 5.41) is 12.0. The summed E-state index contributed by atoms with van der Waals surface area (Å²) in [6, 6.07) is 2.26. The van der Waals surface area contributed by atoms with Crippen LogP contribution in [0.1, 0.15) is 19.3 Å². The summed E-state index contributed by atoms with van der Waals surface area (Å²) in [6.45, 7) is 2.20. The number of nitrogens with zero attached hydrogens (tertiary/aromatic N) is 2. The molecule has 68 valence electrons. The number of likely N-dealkylation sites (tertiary alicyclic amines) is 1. The molecule has 3 nitrogen and oxygen atoms in total. The van der Waals surface area contributed by atoms with Gasteiger partial charge in [-0.1, -0.05) is 0 Å². The van der Waals surface area contributed by atoms with Crippen LogP contribution in [0.15, 0.2) is 0 Å². The zero-order valence-corrected chi connectivity index (χ0v) is 7.93. The Labute approximate surface area is 74.4 Å². The molecule has 1 rings (SSSR count). The standard InChI is InChI=1S/C9H17N3/c1-11-9(3-6-10)4-7-12(2)8-5-9/h11H,3-5,7-8H2,1-2H3. The molecule has 0 amide bonds. The first-order valence-corrected chi connectivity index (χ1v) is 4.47. The minimum Gasteiger partial charge on any atom is -0.313 e. The molecule has 0 spiro atoms. The molecule has 1 fully saturated rings. The van der Waals surface area contributed by atoms with Crippen molar-refractivity contribution in [2.24, 2.45) is 0 Å². The molecule has 0 saturated carbocycles. The van der Waals surface area contributed by atoms with Gasteiger partial charge in [0.15, 0.2) is 0 Å². The summed E-state index contributed by atoms with van der Waals surface area (Å²) >= 11 is 0. The first-order chi connectivity index (χ1) is 5.72. The van der Waals surface area contributed by atoms with Crippen LogP contribution in [0.25, 0.3) is 0 Å². The van der Waals surface area contributed by atoms with Gasteiger partial charge >= 0.3 is 0 Å². The Kier molecular flexibility index (Phi) is 3.07. The Bertz CT molecular complexity index is 175. The van der Waals surface area contributed by atoms with Gasteiger partial charge in [-0.05, 0) is 40.0 Å². The lowest BCUT2D eigenvalue weighted by atomic mass is 9.85. The van der Waals surface area contributed by atoms with E-state index in [-0.39, 0.29) is 5.54 Å². The Morgan fingerprint density at radius 3 is 2.50 bits per heavy atom. The highest BCUT2D eigenvalue weighted by Gasteiger charge is 2.31. The van der Waals surface area contributed by atoms with Crippen LogP contribution < -0.4 is 5.32 Å². The third-order valence-corrected chi connectivity index (χ3v) is 2.89. The van der Waals surface area contributed by atoms with Crippen molar-refractivity contribution in [2.45, 2.75) is 24.8 Å². The van der Waals surface area contributed by atoms with E-state index in [0.717, 1.165) is 25.9 Å². The zero-order valence-electron chi connectivity index (χ0n) is 7.93. The fourth-order valence-corrected chi connectivity index (χ4v) is 1.71. The lowest BCUT2D eigenvalue weighted by Gasteiger charge is -2.39. The molecule has 0 aliphatic carbocycles. The average molecular weight is 167 g/mol. The lowest BCUT2D eigenvalue weighted by Crippen LogP contribution is -2.50. The zero-order chi connectivity index (χ0) is 9.03. The summed E-state index contributed by atoms with van der Waals surface area (Å²) in [5.41, 5.74) is 0.0985. The molecule has 1 heterocycles. The maximum absolute atomic E-state index is 8.68. The molecule has 0 bridgehead atoms. The van der Waals surface area contributed by atoms with E-state index in [1.54, 1.807) is 0 Å². The predicted octanol–water partition coefficient (Wildman–Crippen LogP) is 0.584. The summed E-state index contributed by atoms with van der Waals surface area (Å²) in [6.07, 6.45) is 2.82. The molecule has 0 aromatic rings. The Hall–Kier alpha value is -0.590. The summed E-state index contributed by atoms with van der Waals surface area (Å²) in [5.74, 6) is 0. The molecule has 1 aliphatic rings. The van der Waals surface area contributed by atoms with Crippen LogP contribution in [-0.2, 0) is 0 Å². The molecular weight excluding hydrogens is 150 g/mol. The smallest absolute Gasteiger partial charge is 0.0641 e. The topological polar surface area (TPSA) is 39.1 Å². The second-order valence-corrected chi connectivity index (χ2v) is 3.67. The van der Waals surface area contributed by atoms with Gasteiger partial charge in [0, 0.05) is 5.54 Å². The highest BCUT2D eigenvalue weighted by molar-refractivity contribution is 4.98. The van der Waals surface area contributed by atoms with Crippen LogP contribution in [0, 0.1) is 11.3 Å². The lowest BCUT2D eigenvalue weighted by molar-refractivity contribution is 0.167. The fraction of sp³-hybridized carbons (Fsp3) is 0.889. The quantitative estimate of drug-likeness (QED) is 0.654. The number of piperidine rings is 1. The molecule has 3 heteroatoms. The molecule has 1 saturated heterocycles. The average Bonchev–Trinajstić information content (AvgIpc) is 2.10. The van der Waals surface area contributed by atoms with Crippen molar-refractivity contribution in [3.05, 3.63) is 0 Å². The normalized spacial score (nSPS) is 23.4. The van der Waals surface area contributed by atoms with E-state index in [2.05, 4.69) is 23.3 Å². The molecule has 1 aliphatic heterocycles. The second-order valence-electron chi connectivity index (χ2n) is 3.67. The van der Waals surface area contributed by atoms with E-state index >= 15 is 0 Å². The monoisotopic (exact) mass is 167 g/mol. The summed E-state index contributed by atoms with van der Waals surface area (Å²) < 4.78 is 0. The Balaban J connectivity index is 2.52. The predicted molar refractivity (Wildman–Crippen MR) is 48.8 cm³/mol. The molecule has 0 unspecified atom stereocenters. The van der Waals surface area contributed by atoms with Gasteiger partial charge in [0.25, 0.3) is 0 Å². The van der Waals surface area contributed by atoms with Crippen LogP contribution in [0.2, 0.25) is 0 Å². The van der Waals surface area contributed by atoms with E-state index < -0.39 is 0 Å². The van der Waals surface area contributed by atoms with E-state index in [1.807, 2.05) is 7.05 Å². The van der Waals surface area contributed by atoms with Crippen molar-refractivity contribution in [1.82, 2.24) is 10.2 Å². The van der Waals surface area contributed by atoms with Crippen LogP contribution >= 0.6 is 0 Å². The van der Waals surface area contributed by atoms with E-state index in [0.29, 0.717) is 6.42 Å². The number of hydrogen-bond donors (Lipinski definition) is 1. The van der Waals surface area contributed by atoms with Crippen molar-refractivity contribution in [2.75, 3.05) is 27.2 Å². The number of nitrogens with one attached hydrogen (secondary N) is 1. The van der Waals surface area contributed by atoms with Crippen molar-refractivity contribution >= 4 is 0 Å². The van der Waals surface area contributed by atoms with Crippen LogP contribution in [0.5, 0.6) is 0 Å². The summed E-state index contributed by atoms with van der Waals surface area (Å²) in [7, 11) is 4.09. The molecule has 0 radical (unpaired) electrons. The van der Waals surface area contributed by atoms with Crippen LogP contribution in [0.4, 0.5) is 0 Å². The van der Waals surface area contributed by atoms with Gasteiger partial charge < -0.3 is 10.2 Å². The van der Waals surface area contributed by atoms with E-state index in [4.69, 9.17) is 5.26 Å². The van der Waals surface area contributed by atoms with Gasteiger partial charge in [-0.2, -0.15) is 5.26 Å². The fourth-order valence-electron chi connectivity index (χ4n) is 1.71. The maximum Gasteiger partial charge on any atom is 0.0641 e. The van der Waals surface area contributed by atoms with Gasteiger partial charge in [-0.3, -0.25) is 0 Å². The number of nitriles is 1. The molecule has 1 N–H and O–H groups in total. The largest absolute Gasteiger partial charge is 0.313 e. The minimum atomic E-state index is 0.0985. The Morgan fingerprint density at radius 2 is 2.08 bits per heavy atom. The molecular formula is C9H17N3. The van der Waals surface area contributed by atoms with Crippen molar-refractivity contribution in [3.63, 3.8) is 0 Å². The van der Waals surface area contributed by atoms with Crippen molar-refractivity contribution in [1.29, 1.82) is 5.26 Å². The first kappa shape index (κ1) is 9.50. The van der Waals surface area contributed by atoms with Gasteiger partial charge in [0.05, 0.1) is 12.5 Å². The van der Waals surface area contributed by atoms with E-state index in [9.17, 15) is 0 Å². The van der Waals surface area contributed by atoms with Gasteiger partial charge in [0.1, 0.15) is 0 Å². The summed E-state index contributed by atoms with van der Waals surface area (Å²) in [4.78, 5) is 2.31. The first-order valence-electron chi connectivity index (χ1n) is 4.47. The molecule has 0 aromatic carbocycles. The highest BCUT2D eigenvalue weighted by Crippen LogP contribution is 2.23. The molecule has 12 heavy (non-hydrogen) atoms. The van der Waals surface area contributed by atoms with Gasteiger partial charge in [-0.15, -0.1) is 0 Å². The van der Waals surface area contributed by atoms with Crippen molar-refractivity contribution in [3.8, 4) is 6.07 Å². The van der Waals surface area contributed by atoms with Gasteiger partial charge in [0.2, 0.25) is 0 Å². The highest BCUT2D eigenvalue weighted by atomic mass is 15.1. The third kappa shape index (κ3) is 1.96. The Morgan fingerprint density at radius 1 is 1.50 bits per heavy atom. The number of hydrogen-bond acceptors (Lipinski definition) is 3.